The first-order valence-electron chi connectivity index (χ1n) is 3.64. The first-order chi connectivity index (χ1) is 6.25. The van der Waals surface area contributed by atoms with Crippen molar-refractivity contribution in [3.05, 3.63) is 39.5 Å². The van der Waals surface area contributed by atoms with Crippen LogP contribution >= 0.6 is 31.9 Å². The number of benzene rings is 1. The van der Waals surface area contributed by atoms with Crippen LogP contribution in [0.4, 0.5) is 0 Å². The topological polar surface area (TPSA) is 26.0 Å². The summed E-state index contributed by atoms with van der Waals surface area (Å²) in [6, 6.07) is 9.74. The van der Waals surface area contributed by atoms with Gasteiger partial charge in [0.15, 0.2) is 0 Å². The van der Waals surface area contributed by atoms with Gasteiger partial charge in [-0.2, -0.15) is 0 Å². The van der Waals surface area contributed by atoms with Crippen molar-refractivity contribution in [1.29, 1.82) is 0 Å². The molecule has 0 saturated carbocycles. The van der Waals surface area contributed by atoms with Crippen molar-refractivity contribution in [2.75, 3.05) is 0 Å². The van der Waals surface area contributed by atoms with Crippen LogP contribution in [0, 0.1) is 0 Å². The Morgan fingerprint density at radius 3 is 2.31 bits per heavy atom. The highest BCUT2D eigenvalue weighted by Crippen LogP contribution is 2.23. The van der Waals surface area contributed by atoms with E-state index < -0.39 is 0 Å². The summed E-state index contributed by atoms with van der Waals surface area (Å²) in [6.07, 6.45) is 0. The Morgan fingerprint density at radius 2 is 1.77 bits per heavy atom. The molecule has 0 spiro atoms. The Bertz CT molecular complexity index is 408. The maximum Gasteiger partial charge on any atom is 0.202 e. The van der Waals surface area contributed by atoms with Crippen molar-refractivity contribution < 1.29 is 4.52 Å². The van der Waals surface area contributed by atoms with E-state index in [1.807, 2.05) is 30.3 Å². The summed E-state index contributed by atoms with van der Waals surface area (Å²) < 4.78 is 6.60. The lowest BCUT2D eigenvalue weighted by atomic mass is 10.2. The Hall–Kier alpha value is -0.610. The van der Waals surface area contributed by atoms with Crippen molar-refractivity contribution in [1.82, 2.24) is 5.16 Å². The van der Waals surface area contributed by atoms with E-state index in [9.17, 15) is 0 Å². The third-order valence-electron chi connectivity index (χ3n) is 1.62. The average Bonchev–Trinajstić information content (AvgIpc) is 2.53. The van der Waals surface area contributed by atoms with Gasteiger partial charge in [0.05, 0.1) is 0 Å². The summed E-state index contributed by atoms with van der Waals surface area (Å²) in [7, 11) is 0. The largest absolute Gasteiger partial charge is 0.349 e. The molecule has 0 amide bonds. The predicted molar refractivity (Wildman–Crippen MR) is 57.3 cm³/mol. The van der Waals surface area contributed by atoms with Gasteiger partial charge in [0.1, 0.15) is 5.69 Å². The first kappa shape index (κ1) is 8.97. The monoisotopic (exact) mass is 301 g/mol. The molecule has 1 aromatic carbocycles. The number of nitrogens with zero attached hydrogens (tertiary/aromatic N) is 1. The summed E-state index contributed by atoms with van der Waals surface area (Å²) >= 11 is 6.58. The number of rotatable bonds is 1. The molecule has 0 atom stereocenters. The second-order valence-electron chi connectivity index (χ2n) is 2.52. The molecule has 2 aromatic rings. The molecular formula is C9H5Br2NO. The number of halogens is 2. The van der Waals surface area contributed by atoms with Crippen molar-refractivity contribution >= 4 is 31.9 Å². The van der Waals surface area contributed by atoms with Crippen LogP contribution in [0.25, 0.3) is 11.3 Å². The molecule has 0 bridgehead atoms. The summed E-state index contributed by atoms with van der Waals surface area (Å²) in [5.74, 6) is 0. The summed E-state index contributed by atoms with van der Waals surface area (Å²) in [5.41, 5.74) is 1.87. The smallest absolute Gasteiger partial charge is 0.202 e. The fourth-order valence-electron chi connectivity index (χ4n) is 1.01. The maximum absolute atomic E-state index is 4.90. The van der Waals surface area contributed by atoms with Gasteiger partial charge in [-0.05, 0) is 28.1 Å². The molecule has 2 nitrogen and oxygen atoms in total. The Balaban J connectivity index is 2.41. The van der Waals surface area contributed by atoms with Crippen LogP contribution < -0.4 is 0 Å². The zero-order chi connectivity index (χ0) is 9.26. The predicted octanol–water partition coefficient (Wildman–Crippen LogP) is 3.87. The number of aromatic nitrogens is 1. The van der Waals surface area contributed by atoms with Gasteiger partial charge < -0.3 is 4.52 Å². The van der Waals surface area contributed by atoms with Crippen LogP contribution in [0.2, 0.25) is 0 Å². The number of hydrogen-bond acceptors (Lipinski definition) is 2. The second-order valence-corrected chi connectivity index (χ2v) is 4.22. The summed E-state index contributed by atoms with van der Waals surface area (Å²) in [4.78, 5) is 0. The maximum atomic E-state index is 4.90. The molecule has 2 rings (SSSR count). The van der Waals surface area contributed by atoms with Gasteiger partial charge in [0.25, 0.3) is 0 Å². The van der Waals surface area contributed by atoms with E-state index in [0.717, 1.165) is 15.7 Å². The normalized spacial score (nSPS) is 10.3. The molecule has 0 N–H and O–H groups in total. The van der Waals surface area contributed by atoms with Gasteiger partial charge in [0.2, 0.25) is 4.67 Å². The van der Waals surface area contributed by atoms with Crippen molar-refractivity contribution in [2.45, 2.75) is 0 Å². The molecule has 0 unspecified atom stereocenters. The van der Waals surface area contributed by atoms with E-state index in [1.165, 1.54) is 0 Å². The fourth-order valence-corrected chi connectivity index (χ4v) is 1.56. The Morgan fingerprint density at radius 1 is 1.08 bits per heavy atom. The molecule has 1 aromatic heterocycles. The van der Waals surface area contributed by atoms with Crippen molar-refractivity contribution in [3.8, 4) is 11.3 Å². The standard InChI is InChI=1S/C9H5Br2NO/c10-7-3-1-6(2-4-7)8-5-9(11)13-12-8/h1-5H. The highest BCUT2D eigenvalue weighted by molar-refractivity contribution is 9.10. The minimum absolute atomic E-state index is 0.644. The Kier molecular flexibility index (Phi) is 2.51. The van der Waals surface area contributed by atoms with Crippen LogP contribution in [0.3, 0.4) is 0 Å². The van der Waals surface area contributed by atoms with Gasteiger partial charge in [-0.1, -0.05) is 33.2 Å². The van der Waals surface area contributed by atoms with E-state index >= 15 is 0 Å². The van der Waals surface area contributed by atoms with Crippen LogP contribution in [-0.4, -0.2) is 5.16 Å². The lowest BCUT2D eigenvalue weighted by Crippen LogP contribution is -1.74. The molecule has 0 aliphatic rings. The second kappa shape index (κ2) is 3.64. The first-order valence-corrected chi connectivity index (χ1v) is 5.22. The van der Waals surface area contributed by atoms with Gasteiger partial charge >= 0.3 is 0 Å². The third kappa shape index (κ3) is 2.00. The number of hydrogen-bond donors (Lipinski definition) is 0. The van der Waals surface area contributed by atoms with Gasteiger partial charge in [0, 0.05) is 16.1 Å². The molecular weight excluding hydrogens is 298 g/mol. The highest BCUT2D eigenvalue weighted by atomic mass is 79.9. The Labute approximate surface area is 92.2 Å². The minimum Gasteiger partial charge on any atom is -0.349 e. The van der Waals surface area contributed by atoms with Crippen LogP contribution in [0.15, 0.2) is 44.0 Å². The fraction of sp³-hybridized carbons (Fsp3) is 0. The van der Waals surface area contributed by atoms with E-state index in [-0.39, 0.29) is 0 Å². The highest BCUT2D eigenvalue weighted by Gasteiger charge is 2.03. The molecule has 0 fully saturated rings. The molecule has 1 heterocycles. The van der Waals surface area contributed by atoms with Gasteiger partial charge in [-0.15, -0.1) is 0 Å². The van der Waals surface area contributed by atoms with E-state index in [0.29, 0.717) is 4.67 Å². The van der Waals surface area contributed by atoms with Crippen LogP contribution in [0.5, 0.6) is 0 Å². The molecule has 0 radical (unpaired) electrons. The van der Waals surface area contributed by atoms with Crippen molar-refractivity contribution in [3.63, 3.8) is 0 Å². The van der Waals surface area contributed by atoms with Crippen LogP contribution in [-0.2, 0) is 0 Å². The molecule has 66 valence electrons. The lowest BCUT2D eigenvalue weighted by molar-refractivity contribution is 0.402. The minimum atomic E-state index is 0.644. The zero-order valence-electron chi connectivity index (χ0n) is 6.50. The van der Waals surface area contributed by atoms with Crippen molar-refractivity contribution in [2.24, 2.45) is 0 Å². The molecule has 0 aliphatic carbocycles. The molecule has 13 heavy (non-hydrogen) atoms. The van der Waals surface area contributed by atoms with Gasteiger partial charge in [-0.25, -0.2) is 0 Å². The molecule has 0 saturated heterocycles. The van der Waals surface area contributed by atoms with Crippen LogP contribution in [0.1, 0.15) is 0 Å². The summed E-state index contributed by atoms with van der Waals surface area (Å²) in [5, 5.41) is 3.88. The third-order valence-corrected chi connectivity index (χ3v) is 2.52. The SMILES string of the molecule is Brc1ccc(-c2cc(Br)on2)cc1. The molecule has 0 aliphatic heterocycles. The van der Waals surface area contributed by atoms with E-state index in [4.69, 9.17) is 4.52 Å². The quantitative estimate of drug-likeness (QED) is 0.799. The van der Waals surface area contributed by atoms with E-state index in [2.05, 4.69) is 37.0 Å². The summed E-state index contributed by atoms with van der Waals surface area (Å²) in [6.45, 7) is 0. The lowest BCUT2D eigenvalue weighted by Gasteiger charge is -1.93. The molecule has 4 heteroatoms. The van der Waals surface area contributed by atoms with E-state index in [1.54, 1.807) is 0 Å². The zero-order valence-corrected chi connectivity index (χ0v) is 9.67. The van der Waals surface area contributed by atoms with Gasteiger partial charge in [-0.3, -0.25) is 0 Å². The average molecular weight is 303 g/mol.